The van der Waals surface area contributed by atoms with Crippen LogP contribution in [0.3, 0.4) is 0 Å². The summed E-state index contributed by atoms with van der Waals surface area (Å²) in [6.07, 6.45) is 0. The summed E-state index contributed by atoms with van der Waals surface area (Å²) in [6, 6.07) is 16.0. The Bertz CT molecular complexity index is 1310. The minimum atomic E-state index is -0.957. The van der Waals surface area contributed by atoms with E-state index in [0.717, 1.165) is 5.56 Å². The lowest BCUT2D eigenvalue weighted by Gasteiger charge is -2.27. The molecule has 1 N–H and O–H groups in total. The van der Waals surface area contributed by atoms with Crippen molar-refractivity contribution in [3.63, 3.8) is 0 Å². The van der Waals surface area contributed by atoms with Crippen molar-refractivity contribution in [2.75, 3.05) is 26.2 Å². The van der Waals surface area contributed by atoms with Crippen LogP contribution in [0.25, 0.3) is 5.76 Å². The summed E-state index contributed by atoms with van der Waals surface area (Å²) in [6.45, 7) is 1.89. The fourth-order valence-corrected chi connectivity index (χ4v) is 4.34. The maximum atomic E-state index is 13.4. The summed E-state index contributed by atoms with van der Waals surface area (Å²) >= 11 is 6.00. The summed E-state index contributed by atoms with van der Waals surface area (Å²) in [5.74, 6) is -0.813. The number of amides is 1. The fraction of sp³-hybridized carbons (Fsp3) is 0.185. The lowest BCUT2D eigenvalue weighted by Crippen LogP contribution is -2.29. The van der Waals surface area contributed by atoms with Crippen molar-refractivity contribution in [2.45, 2.75) is 13.0 Å². The summed E-state index contributed by atoms with van der Waals surface area (Å²) in [4.78, 5) is 28.1. The summed E-state index contributed by atoms with van der Waals surface area (Å²) in [7, 11) is 4.44. The van der Waals surface area contributed by atoms with E-state index in [1.54, 1.807) is 54.6 Å². The number of carbonyl (C=O) groups excluding carboxylic acids is 2. The maximum Gasteiger partial charge on any atom is 0.300 e. The van der Waals surface area contributed by atoms with Crippen LogP contribution >= 0.6 is 11.6 Å². The number of nitrogens with zero attached hydrogens (tertiary/aromatic N) is 1. The van der Waals surface area contributed by atoms with Gasteiger partial charge in [-0.15, -0.1) is 0 Å². The van der Waals surface area contributed by atoms with Crippen LogP contribution in [-0.2, 0) is 9.59 Å². The van der Waals surface area contributed by atoms with E-state index < -0.39 is 17.7 Å². The van der Waals surface area contributed by atoms with Crippen molar-refractivity contribution in [3.05, 3.63) is 87.9 Å². The number of aliphatic hydroxyl groups excluding tert-OH is 1. The topological polar surface area (TPSA) is 85.3 Å². The van der Waals surface area contributed by atoms with Crippen molar-refractivity contribution in [1.29, 1.82) is 0 Å². The van der Waals surface area contributed by atoms with Crippen LogP contribution < -0.4 is 19.1 Å². The van der Waals surface area contributed by atoms with Gasteiger partial charge in [0.2, 0.25) is 5.75 Å². The molecule has 0 aliphatic carbocycles. The third-order valence-electron chi connectivity index (χ3n) is 5.84. The van der Waals surface area contributed by atoms with Crippen molar-refractivity contribution < 1.29 is 28.9 Å². The van der Waals surface area contributed by atoms with Crippen LogP contribution in [0.4, 0.5) is 5.69 Å². The minimum Gasteiger partial charge on any atom is -0.507 e. The molecule has 35 heavy (non-hydrogen) atoms. The van der Waals surface area contributed by atoms with Gasteiger partial charge in [0.15, 0.2) is 11.5 Å². The van der Waals surface area contributed by atoms with Crippen molar-refractivity contribution >= 4 is 34.7 Å². The number of hydrogen-bond acceptors (Lipinski definition) is 6. The second-order valence-electron chi connectivity index (χ2n) is 7.97. The first-order valence-corrected chi connectivity index (χ1v) is 11.1. The van der Waals surface area contributed by atoms with E-state index in [0.29, 0.717) is 39.1 Å². The molecule has 1 amide bonds. The molecule has 0 spiro atoms. The molecule has 7 nitrogen and oxygen atoms in total. The molecule has 0 saturated carbocycles. The Labute approximate surface area is 208 Å². The van der Waals surface area contributed by atoms with E-state index in [1.807, 2.05) is 13.0 Å². The van der Waals surface area contributed by atoms with Crippen LogP contribution in [0, 0.1) is 6.92 Å². The highest BCUT2D eigenvalue weighted by atomic mass is 35.5. The number of halogens is 1. The number of benzene rings is 3. The number of anilines is 1. The maximum absolute atomic E-state index is 13.4. The predicted molar refractivity (Wildman–Crippen MR) is 134 cm³/mol. The molecule has 4 rings (SSSR count). The highest BCUT2D eigenvalue weighted by Gasteiger charge is 2.47. The van der Waals surface area contributed by atoms with Gasteiger partial charge in [0, 0.05) is 16.3 Å². The molecule has 0 aromatic heterocycles. The number of aliphatic hydroxyl groups is 1. The van der Waals surface area contributed by atoms with Gasteiger partial charge in [0.05, 0.1) is 32.9 Å². The van der Waals surface area contributed by atoms with Crippen molar-refractivity contribution in [3.8, 4) is 17.2 Å². The molecule has 1 atom stereocenters. The number of Topliss-reactive ketones (excluding diaryl/α,β-unsaturated/α-hetero) is 1. The van der Waals surface area contributed by atoms with E-state index in [-0.39, 0.29) is 11.3 Å². The Morgan fingerprint density at radius 3 is 2.09 bits per heavy atom. The molecule has 0 radical (unpaired) electrons. The Morgan fingerprint density at radius 1 is 0.914 bits per heavy atom. The molecule has 8 heteroatoms. The molecule has 1 unspecified atom stereocenters. The largest absolute Gasteiger partial charge is 0.507 e. The molecule has 1 aliphatic rings. The number of methoxy groups -OCH3 is 3. The number of rotatable bonds is 6. The Kier molecular flexibility index (Phi) is 6.71. The predicted octanol–water partition coefficient (Wildman–Crippen LogP) is 5.30. The number of hydrogen-bond donors (Lipinski definition) is 1. The first kappa shape index (κ1) is 24.2. The van der Waals surface area contributed by atoms with Crippen molar-refractivity contribution in [1.82, 2.24) is 0 Å². The quantitative estimate of drug-likeness (QED) is 0.285. The van der Waals surface area contributed by atoms with Crippen LogP contribution in [0.15, 0.2) is 66.2 Å². The third kappa shape index (κ3) is 4.31. The van der Waals surface area contributed by atoms with Gasteiger partial charge in [-0.3, -0.25) is 14.5 Å². The number of aryl methyl sites for hydroxylation is 1. The molecular weight excluding hydrogens is 470 g/mol. The van der Waals surface area contributed by atoms with Crippen LogP contribution in [0.2, 0.25) is 5.02 Å². The average Bonchev–Trinajstić information content (AvgIpc) is 3.13. The Balaban J connectivity index is 2.02. The molecule has 1 heterocycles. The molecule has 3 aromatic rings. The van der Waals surface area contributed by atoms with Gasteiger partial charge in [0.25, 0.3) is 11.7 Å². The van der Waals surface area contributed by atoms with Gasteiger partial charge in [-0.1, -0.05) is 23.7 Å². The molecule has 180 valence electrons. The van der Waals surface area contributed by atoms with Gasteiger partial charge in [-0.05, 0) is 66.6 Å². The van der Waals surface area contributed by atoms with E-state index in [1.165, 1.54) is 26.2 Å². The first-order valence-electron chi connectivity index (χ1n) is 10.7. The monoisotopic (exact) mass is 493 g/mol. The zero-order valence-electron chi connectivity index (χ0n) is 19.7. The van der Waals surface area contributed by atoms with Crippen LogP contribution in [0.5, 0.6) is 17.2 Å². The van der Waals surface area contributed by atoms with Gasteiger partial charge < -0.3 is 19.3 Å². The van der Waals surface area contributed by atoms with Gasteiger partial charge in [-0.25, -0.2) is 0 Å². The summed E-state index contributed by atoms with van der Waals surface area (Å²) in [5, 5.41) is 11.7. The second kappa shape index (κ2) is 9.72. The van der Waals surface area contributed by atoms with E-state index in [9.17, 15) is 14.7 Å². The third-order valence-corrected chi connectivity index (χ3v) is 6.10. The van der Waals surface area contributed by atoms with Crippen molar-refractivity contribution in [2.24, 2.45) is 0 Å². The number of ether oxygens (including phenoxy) is 3. The Hall–Kier alpha value is -3.97. The Morgan fingerprint density at radius 2 is 1.54 bits per heavy atom. The lowest BCUT2D eigenvalue weighted by molar-refractivity contribution is -0.132. The second-order valence-corrected chi connectivity index (χ2v) is 8.41. The standard InChI is InChI=1S/C27H24ClNO6/c1-15-6-5-7-19(12-15)29-23(17-13-20(33-2)26(35-4)21(14-17)34-3)22(25(31)27(29)32)24(30)16-8-10-18(28)11-9-16/h5-14,23,30H,1-4H3/b24-22+. The zero-order chi connectivity index (χ0) is 25.3. The van der Waals surface area contributed by atoms with Crippen LogP contribution in [-0.4, -0.2) is 38.1 Å². The minimum absolute atomic E-state index is 0.0619. The van der Waals surface area contributed by atoms with E-state index in [4.69, 9.17) is 25.8 Å². The van der Waals surface area contributed by atoms with Crippen LogP contribution in [0.1, 0.15) is 22.7 Å². The summed E-state index contributed by atoms with van der Waals surface area (Å²) in [5.41, 5.74) is 2.21. The SMILES string of the molecule is COc1cc(C2/C(=C(\O)c3ccc(Cl)cc3)C(=O)C(=O)N2c2cccc(C)c2)cc(OC)c1OC. The first-order chi connectivity index (χ1) is 16.8. The lowest BCUT2D eigenvalue weighted by atomic mass is 9.94. The molecule has 1 aliphatic heterocycles. The fourth-order valence-electron chi connectivity index (χ4n) is 4.21. The number of carbonyl (C=O) groups is 2. The zero-order valence-corrected chi connectivity index (χ0v) is 20.4. The van der Waals surface area contributed by atoms with Gasteiger partial charge >= 0.3 is 0 Å². The average molecular weight is 494 g/mol. The van der Waals surface area contributed by atoms with E-state index >= 15 is 0 Å². The molecule has 1 saturated heterocycles. The number of ketones is 1. The molecule has 1 fully saturated rings. The normalized spacial score (nSPS) is 16.9. The molecule has 0 bridgehead atoms. The molecule has 3 aromatic carbocycles. The molecular formula is C27H24ClNO6. The highest BCUT2D eigenvalue weighted by Crippen LogP contribution is 2.47. The van der Waals surface area contributed by atoms with Gasteiger partial charge in [0.1, 0.15) is 5.76 Å². The van der Waals surface area contributed by atoms with Gasteiger partial charge in [-0.2, -0.15) is 0 Å². The summed E-state index contributed by atoms with van der Waals surface area (Å²) < 4.78 is 16.4. The highest BCUT2D eigenvalue weighted by molar-refractivity contribution is 6.51. The smallest absolute Gasteiger partial charge is 0.300 e. The van der Waals surface area contributed by atoms with E-state index in [2.05, 4.69) is 0 Å².